The van der Waals surface area contributed by atoms with Crippen molar-refractivity contribution in [3.63, 3.8) is 0 Å². The number of nitrogens with one attached hydrogen (secondary N) is 1. The maximum atomic E-state index is 5.70. The molecule has 0 bridgehead atoms. The van der Waals surface area contributed by atoms with E-state index in [0.717, 1.165) is 17.2 Å². The number of methoxy groups -OCH3 is 1. The third-order valence-corrected chi connectivity index (χ3v) is 2.19. The van der Waals surface area contributed by atoms with Gasteiger partial charge in [0.05, 0.1) is 13.7 Å². The van der Waals surface area contributed by atoms with E-state index in [0.29, 0.717) is 18.6 Å². The van der Waals surface area contributed by atoms with Gasteiger partial charge in [0.15, 0.2) is 11.5 Å². The molecule has 0 saturated heterocycles. The van der Waals surface area contributed by atoms with Crippen LogP contribution in [0.25, 0.3) is 0 Å². The Morgan fingerprint density at radius 3 is 2.35 bits per heavy atom. The predicted molar refractivity (Wildman–Crippen MR) is 72.1 cm³/mol. The van der Waals surface area contributed by atoms with Gasteiger partial charge in [-0.3, -0.25) is 0 Å². The van der Waals surface area contributed by atoms with Crippen molar-refractivity contribution in [2.75, 3.05) is 19.0 Å². The molecule has 1 aromatic carbocycles. The summed E-state index contributed by atoms with van der Waals surface area (Å²) >= 11 is 0. The van der Waals surface area contributed by atoms with E-state index in [-0.39, 0.29) is 0 Å². The van der Waals surface area contributed by atoms with E-state index in [9.17, 15) is 0 Å². The summed E-state index contributed by atoms with van der Waals surface area (Å²) in [4.78, 5) is 0. The summed E-state index contributed by atoms with van der Waals surface area (Å²) in [5, 5.41) is 3.34. The number of benzene rings is 1. The van der Waals surface area contributed by atoms with Crippen LogP contribution >= 0.6 is 0 Å². The van der Waals surface area contributed by atoms with Crippen molar-refractivity contribution in [2.24, 2.45) is 5.92 Å². The van der Waals surface area contributed by atoms with Crippen LogP contribution in [0.1, 0.15) is 27.7 Å². The maximum absolute atomic E-state index is 5.70. The van der Waals surface area contributed by atoms with Crippen LogP contribution < -0.4 is 14.8 Å². The van der Waals surface area contributed by atoms with Gasteiger partial charge in [-0.15, -0.1) is 0 Å². The first kappa shape index (κ1) is 13.7. The molecule has 1 N–H and O–H groups in total. The molecule has 1 rings (SSSR count). The van der Waals surface area contributed by atoms with Gasteiger partial charge in [-0.25, -0.2) is 0 Å². The molecule has 0 atom stereocenters. The highest BCUT2D eigenvalue weighted by Crippen LogP contribution is 2.30. The van der Waals surface area contributed by atoms with Gasteiger partial charge < -0.3 is 14.8 Å². The molecule has 0 fully saturated rings. The van der Waals surface area contributed by atoms with Crippen molar-refractivity contribution < 1.29 is 9.47 Å². The molecule has 0 unspecified atom stereocenters. The fraction of sp³-hybridized carbons (Fsp3) is 0.571. The Morgan fingerprint density at radius 2 is 1.82 bits per heavy atom. The lowest BCUT2D eigenvalue weighted by Gasteiger charge is -2.15. The monoisotopic (exact) mass is 237 g/mol. The highest BCUT2D eigenvalue weighted by atomic mass is 16.5. The van der Waals surface area contributed by atoms with E-state index >= 15 is 0 Å². The van der Waals surface area contributed by atoms with Gasteiger partial charge in [0.2, 0.25) is 0 Å². The number of rotatable bonds is 6. The fourth-order valence-corrected chi connectivity index (χ4v) is 1.47. The second kappa shape index (κ2) is 6.38. The van der Waals surface area contributed by atoms with Gasteiger partial charge in [0, 0.05) is 17.8 Å². The number of hydrogen-bond donors (Lipinski definition) is 1. The smallest absolute Gasteiger partial charge is 0.162 e. The molecule has 0 aliphatic heterocycles. The third-order valence-electron chi connectivity index (χ3n) is 2.19. The normalized spacial score (nSPS) is 10.8. The number of ether oxygens (including phenoxy) is 2. The second-order valence-electron chi connectivity index (χ2n) is 4.87. The highest BCUT2D eigenvalue weighted by Gasteiger charge is 2.07. The lowest BCUT2D eigenvalue weighted by Crippen LogP contribution is -2.10. The highest BCUT2D eigenvalue weighted by molar-refractivity contribution is 5.55. The molecule has 0 spiro atoms. The molecule has 0 aliphatic carbocycles. The second-order valence-corrected chi connectivity index (χ2v) is 4.87. The van der Waals surface area contributed by atoms with Crippen molar-refractivity contribution in [2.45, 2.75) is 33.7 Å². The van der Waals surface area contributed by atoms with Crippen molar-refractivity contribution in [3.05, 3.63) is 18.2 Å². The van der Waals surface area contributed by atoms with E-state index in [1.165, 1.54) is 0 Å². The summed E-state index contributed by atoms with van der Waals surface area (Å²) in [6.45, 7) is 9.17. The summed E-state index contributed by atoms with van der Waals surface area (Å²) in [7, 11) is 1.66. The van der Waals surface area contributed by atoms with Crippen LogP contribution in [0.4, 0.5) is 5.69 Å². The molecule has 0 aromatic heterocycles. The summed E-state index contributed by atoms with van der Waals surface area (Å²) in [6, 6.07) is 6.34. The van der Waals surface area contributed by atoms with Crippen LogP contribution in [0.15, 0.2) is 18.2 Å². The van der Waals surface area contributed by atoms with Crippen LogP contribution in [0, 0.1) is 5.92 Å². The fourth-order valence-electron chi connectivity index (χ4n) is 1.47. The van der Waals surface area contributed by atoms with Crippen molar-refractivity contribution >= 4 is 5.69 Å². The molecule has 0 saturated carbocycles. The Labute approximate surface area is 104 Å². The summed E-state index contributed by atoms with van der Waals surface area (Å²) < 4.78 is 11.0. The molecule has 0 aliphatic rings. The molecular weight excluding hydrogens is 214 g/mol. The topological polar surface area (TPSA) is 30.5 Å². The molecule has 96 valence electrons. The van der Waals surface area contributed by atoms with Gasteiger partial charge in [0.25, 0.3) is 0 Å². The predicted octanol–water partition coefficient (Wildman–Crippen LogP) is 3.55. The Kier molecular flexibility index (Phi) is 5.13. The third kappa shape index (κ3) is 4.55. The first-order chi connectivity index (χ1) is 8.02. The molecule has 0 amide bonds. The first-order valence-electron chi connectivity index (χ1n) is 6.10. The van der Waals surface area contributed by atoms with Crippen LogP contribution in [0.5, 0.6) is 11.5 Å². The van der Waals surface area contributed by atoms with E-state index < -0.39 is 0 Å². The van der Waals surface area contributed by atoms with Crippen LogP contribution in [-0.4, -0.2) is 19.8 Å². The lowest BCUT2D eigenvalue weighted by atomic mass is 10.2. The van der Waals surface area contributed by atoms with Crippen LogP contribution in [0.3, 0.4) is 0 Å². The SMILES string of the molecule is COc1cc(NC(C)C)ccc1OCC(C)C. The van der Waals surface area contributed by atoms with Gasteiger partial charge in [-0.05, 0) is 31.9 Å². The van der Waals surface area contributed by atoms with Crippen molar-refractivity contribution in [3.8, 4) is 11.5 Å². The molecule has 3 nitrogen and oxygen atoms in total. The van der Waals surface area contributed by atoms with E-state index in [4.69, 9.17) is 9.47 Å². The molecule has 3 heteroatoms. The number of hydrogen-bond acceptors (Lipinski definition) is 3. The summed E-state index contributed by atoms with van der Waals surface area (Å²) in [6.07, 6.45) is 0. The van der Waals surface area contributed by atoms with Crippen LogP contribution in [-0.2, 0) is 0 Å². The average molecular weight is 237 g/mol. The Balaban J connectivity index is 2.78. The molecule has 0 heterocycles. The minimum atomic E-state index is 0.405. The Hall–Kier alpha value is -1.38. The molecule has 0 radical (unpaired) electrons. The van der Waals surface area contributed by atoms with Gasteiger partial charge in [-0.2, -0.15) is 0 Å². The van der Waals surface area contributed by atoms with Crippen molar-refractivity contribution in [1.29, 1.82) is 0 Å². The zero-order valence-corrected chi connectivity index (χ0v) is 11.4. The van der Waals surface area contributed by atoms with Gasteiger partial charge >= 0.3 is 0 Å². The minimum absolute atomic E-state index is 0.405. The summed E-state index contributed by atoms with van der Waals surface area (Å²) in [5.74, 6) is 2.08. The van der Waals surface area contributed by atoms with Crippen molar-refractivity contribution in [1.82, 2.24) is 0 Å². The zero-order valence-electron chi connectivity index (χ0n) is 11.4. The average Bonchev–Trinajstić information content (AvgIpc) is 2.26. The molecule has 1 aromatic rings. The Bertz CT molecular complexity index is 348. The first-order valence-corrected chi connectivity index (χ1v) is 6.10. The molecule has 17 heavy (non-hydrogen) atoms. The summed E-state index contributed by atoms with van der Waals surface area (Å²) in [5.41, 5.74) is 1.05. The van der Waals surface area contributed by atoms with Gasteiger partial charge in [0.1, 0.15) is 0 Å². The quantitative estimate of drug-likeness (QED) is 0.820. The maximum Gasteiger partial charge on any atom is 0.162 e. The Morgan fingerprint density at radius 1 is 1.12 bits per heavy atom. The van der Waals surface area contributed by atoms with E-state index in [2.05, 4.69) is 33.0 Å². The molecular formula is C14H23NO2. The standard InChI is InChI=1S/C14H23NO2/c1-10(2)9-17-13-7-6-12(15-11(3)4)8-14(13)16-5/h6-8,10-11,15H,9H2,1-5H3. The van der Waals surface area contributed by atoms with E-state index in [1.807, 2.05) is 18.2 Å². The van der Waals surface area contributed by atoms with Crippen LogP contribution in [0.2, 0.25) is 0 Å². The van der Waals surface area contributed by atoms with Gasteiger partial charge in [-0.1, -0.05) is 13.8 Å². The number of anilines is 1. The van der Waals surface area contributed by atoms with E-state index in [1.54, 1.807) is 7.11 Å². The largest absolute Gasteiger partial charge is 0.493 e. The minimum Gasteiger partial charge on any atom is -0.493 e. The zero-order chi connectivity index (χ0) is 12.8. The lowest BCUT2D eigenvalue weighted by molar-refractivity contribution is 0.257.